The van der Waals surface area contributed by atoms with Crippen LogP contribution in [0.25, 0.3) is 11.1 Å². The average molecular weight is 448 g/mol. The third-order valence-electron chi connectivity index (χ3n) is 7.31. The van der Waals surface area contributed by atoms with Gasteiger partial charge in [0.2, 0.25) is 0 Å². The molecule has 2 aromatic heterocycles. The second-order valence-electron chi connectivity index (χ2n) is 9.38. The summed E-state index contributed by atoms with van der Waals surface area (Å²) in [6.45, 7) is 5.18. The van der Waals surface area contributed by atoms with Crippen molar-refractivity contribution in [2.75, 3.05) is 30.4 Å². The highest BCUT2D eigenvalue weighted by Gasteiger charge is 2.54. The third-order valence-corrected chi connectivity index (χ3v) is 7.31. The number of aryl methyl sites for hydroxylation is 1. The van der Waals surface area contributed by atoms with Crippen LogP contribution in [0.4, 0.5) is 15.9 Å². The smallest absolute Gasteiger partial charge is 0.324 e. The largest absolute Gasteiger partial charge is 0.421 e. The first-order chi connectivity index (χ1) is 15.9. The normalized spacial score (nSPS) is 19.5. The molecule has 1 saturated heterocycles. The molecule has 3 heterocycles. The Morgan fingerprint density at radius 2 is 1.94 bits per heavy atom. The van der Waals surface area contributed by atoms with Gasteiger partial charge >= 0.3 is 6.01 Å². The number of halogens is 1. The number of nitrogens with zero attached hydrogens (tertiary/aromatic N) is 5. The highest BCUT2D eigenvalue weighted by Crippen LogP contribution is 2.55. The predicted octanol–water partition coefficient (Wildman–Crippen LogP) is 3.36. The van der Waals surface area contributed by atoms with Crippen LogP contribution in [0.3, 0.4) is 0 Å². The molecular weight excluding hydrogens is 421 g/mol. The molecule has 9 heteroatoms. The Hall–Kier alpha value is -3.33. The molecule has 1 aromatic carbocycles. The SMILES string of the molecule is CNc1cc(F)c(C)c2c1Cc1nc(Oc3cnc(C)nc3)nc(N3C[C@H](N)C4(CC4)C3)c1-2. The van der Waals surface area contributed by atoms with Crippen LogP contribution in [0.15, 0.2) is 18.5 Å². The molecule has 1 atom stereocenters. The van der Waals surface area contributed by atoms with E-state index in [0.29, 0.717) is 30.1 Å². The van der Waals surface area contributed by atoms with Crippen LogP contribution in [0.1, 0.15) is 35.5 Å². The Morgan fingerprint density at radius 1 is 1.18 bits per heavy atom. The van der Waals surface area contributed by atoms with Gasteiger partial charge in [-0.1, -0.05) is 0 Å². The summed E-state index contributed by atoms with van der Waals surface area (Å²) >= 11 is 0. The molecule has 170 valence electrons. The van der Waals surface area contributed by atoms with Crippen LogP contribution in [-0.2, 0) is 6.42 Å². The first-order valence-corrected chi connectivity index (χ1v) is 11.3. The standard InChI is InChI=1S/C24H26FN7O/c1-12-16(25)7-17(27-3)15-6-18-21(20(12)15)22(32-10-19(26)24(11-32)4-5-24)31-23(30-18)33-14-8-28-13(2)29-9-14/h7-9,19,27H,4-6,10-11,26H2,1-3H3/t19-/m0/s1. The van der Waals surface area contributed by atoms with Crippen molar-refractivity contribution in [2.45, 2.75) is 39.2 Å². The molecule has 2 aliphatic carbocycles. The van der Waals surface area contributed by atoms with Crippen LogP contribution in [0, 0.1) is 25.1 Å². The first kappa shape index (κ1) is 20.3. The fourth-order valence-electron chi connectivity index (χ4n) is 5.23. The summed E-state index contributed by atoms with van der Waals surface area (Å²) < 4.78 is 20.8. The lowest BCUT2D eigenvalue weighted by Crippen LogP contribution is -2.30. The van der Waals surface area contributed by atoms with Crippen LogP contribution in [0.5, 0.6) is 11.8 Å². The molecule has 0 unspecified atom stereocenters. The molecule has 0 radical (unpaired) electrons. The van der Waals surface area contributed by atoms with Gasteiger partial charge in [-0.05, 0) is 49.4 Å². The summed E-state index contributed by atoms with van der Waals surface area (Å²) in [4.78, 5) is 20.2. The molecular formula is C24H26FN7O. The zero-order valence-electron chi connectivity index (χ0n) is 18.9. The zero-order valence-corrected chi connectivity index (χ0v) is 18.9. The van der Waals surface area contributed by atoms with E-state index < -0.39 is 0 Å². The maximum atomic E-state index is 14.9. The van der Waals surface area contributed by atoms with Crippen molar-refractivity contribution >= 4 is 11.5 Å². The van der Waals surface area contributed by atoms with Gasteiger partial charge in [-0.25, -0.2) is 14.4 Å². The van der Waals surface area contributed by atoms with E-state index in [-0.39, 0.29) is 23.3 Å². The van der Waals surface area contributed by atoms with Gasteiger partial charge in [-0.2, -0.15) is 9.97 Å². The maximum absolute atomic E-state index is 14.9. The van der Waals surface area contributed by atoms with Crippen LogP contribution < -0.4 is 20.7 Å². The molecule has 3 N–H and O–H groups in total. The molecule has 1 saturated carbocycles. The van der Waals surface area contributed by atoms with Gasteiger partial charge in [-0.15, -0.1) is 0 Å². The van der Waals surface area contributed by atoms with Crippen molar-refractivity contribution in [3.8, 4) is 22.9 Å². The van der Waals surface area contributed by atoms with Gasteiger partial charge in [0, 0.05) is 49.3 Å². The highest BCUT2D eigenvalue weighted by atomic mass is 19.1. The first-order valence-electron chi connectivity index (χ1n) is 11.3. The number of hydrogen-bond acceptors (Lipinski definition) is 8. The van der Waals surface area contributed by atoms with E-state index in [4.69, 9.17) is 20.4 Å². The number of ether oxygens (including phenoxy) is 1. The van der Waals surface area contributed by atoms with Crippen molar-refractivity contribution in [1.82, 2.24) is 19.9 Å². The third kappa shape index (κ3) is 3.13. The number of fused-ring (bicyclic) bond motifs is 3. The number of aromatic nitrogens is 4. The second kappa shape index (κ2) is 7.08. The second-order valence-corrected chi connectivity index (χ2v) is 9.38. The summed E-state index contributed by atoms with van der Waals surface area (Å²) in [5.41, 5.74) is 11.7. The number of rotatable bonds is 4. The van der Waals surface area contributed by atoms with Crippen molar-refractivity contribution in [3.05, 3.63) is 46.9 Å². The fraction of sp³-hybridized carbons (Fsp3) is 0.417. The van der Waals surface area contributed by atoms with Crippen LogP contribution in [0.2, 0.25) is 0 Å². The van der Waals surface area contributed by atoms with E-state index >= 15 is 0 Å². The average Bonchev–Trinajstić information content (AvgIpc) is 3.37. The lowest BCUT2D eigenvalue weighted by Gasteiger charge is -2.22. The molecule has 6 rings (SSSR count). The monoisotopic (exact) mass is 447 g/mol. The molecule has 8 nitrogen and oxygen atoms in total. The van der Waals surface area contributed by atoms with Crippen molar-refractivity contribution in [3.63, 3.8) is 0 Å². The van der Waals surface area contributed by atoms with Gasteiger partial charge in [0.1, 0.15) is 17.5 Å². The van der Waals surface area contributed by atoms with E-state index in [1.807, 2.05) is 20.9 Å². The Bertz CT molecular complexity index is 1270. The van der Waals surface area contributed by atoms with Gasteiger partial charge in [-0.3, -0.25) is 0 Å². The molecule has 0 bridgehead atoms. The predicted molar refractivity (Wildman–Crippen MR) is 123 cm³/mol. The van der Waals surface area contributed by atoms with Crippen molar-refractivity contribution in [2.24, 2.45) is 11.1 Å². The maximum Gasteiger partial charge on any atom is 0.324 e. The molecule has 3 aromatic rings. The van der Waals surface area contributed by atoms with Gasteiger partial charge in [0.15, 0.2) is 5.75 Å². The summed E-state index contributed by atoms with van der Waals surface area (Å²) in [6.07, 6.45) is 6.06. The van der Waals surface area contributed by atoms with E-state index in [0.717, 1.165) is 53.3 Å². The van der Waals surface area contributed by atoms with Gasteiger partial charge in [0.05, 0.1) is 18.1 Å². The van der Waals surface area contributed by atoms with E-state index in [1.165, 1.54) is 0 Å². The Kier molecular flexibility index (Phi) is 4.35. The summed E-state index contributed by atoms with van der Waals surface area (Å²) in [7, 11) is 1.81. The number of nitrogens with two attached hydrogens (primary N) is 1. The summed E-state index contributed by atoms with van der Waals surface area (Å²) in [5.74, 6) is 1.64. The van der Waals surface area contributed by atoms with E-state index in [2.05, 4.69) is 20.2 Å². The molecule has 2 fully saturated rings. The number of hydrogen-bond donors (Lipinski definition) is 2. The Morgan fingerprint density at radius 3 is 2.61 bits per heavy atom. The molecule has 1 aliphatic heterocycles. The van der Waals surface area contributed by atoms with Gasteiger partial charge < -0.3 is 20.7 Å². The Balaban J connectivity index is 1.50. The topological polar surface area (TPSA) is 102 Å². The summed E-state index contributed by atoms with van der Waals surface area (Å²) in [6, 6.07) is 1.89. The summed E-state index contributed by atoms with van der Waals surface area (Å²) in [5, 5.41) is 3.14. The number of anilines is 2. The Labute approximate surface area is 191 Å². The van der Waals surface area contributed by atoms with Crippen LogP contribution >= 0.6 is 0 Å². The number of benzene rings is 1. The van der Waals surface area contributed by atoms with E-state index in [9.17, 15) is 4.39 Å². The lowest BCUT2D eigenvalue weighted by molar-refractivity contribution is 0.435. The number of nitrogens with one attached hydrogen (secondary N) is 1. The molecule has 33 heavy (non-hydrogen) atoms. The minimum Gasteiger partial charge on any atom is -0.421 e. The lowest BCUT2D eigenvalue weighted by atomic mass is 9.98. The fourth-order valence-corrected chi connectivity index (χ4v) is 5.23. The molecule has 3 aliphatic rings. The highest BCUT2D eigenvalue weighted by molar-refractivity contribution is 5.90. The molecule has 0 amide bonds. The van der Waals surface area contributed by atoms with Crippen LogP contribution in [-0.4, -0.2) is 46.1 Å². The minimum atomic E-state index is -0.245. The van der Waals surface area contributed by atoms with E-state index in [1.54, 1.807) is 18.5 Å². The zero-order chi connectivity index (χ0) is 22.9. The molecule has 1 spiro atoms. The quantitative estimate of drug-likeness (QED) is 0.491. The minimum absolute atomic E-state index is 0.0975. The van der Waals surface area contributed by atoms with Crippen molar-refractivity contribution < 1.29 is 9.13 Å². The van der Waals surface area contributed by atoms with Gasteiger partial charge in [0.25, 0.3) is 0 Å². The van der Waals surface area contributed by atoms with Crippen molar-refractivity contribution in [1.29, 1.82) is 0 Å².